The van der Waals surface area contributed by atoms with Gasteiger partial charge in [0.15, 0.2) is 0 Å². The lowest BCUT2D eigenvalue weighted by Crippen LogP contribution is -2.51. The molecule has 116 valence electrons. The number of carbonyl (C=O) groups is 1. The quantitative estimate of drug-likeness (QED) is 0.903. The molecule has 4 nitrogen and oxygen atoms in total. The molecule has 1 heterocycles. The van der Waals surface area contributed by atoms with Crippen molar-refractivity contribution in [1.29, 1.82) is 0 Å². The Kier molecular flexibility index (Phi) is 5.76. The van der Waals surface area contributed by atoms with Crippen molar-refractivity contribution in [2.45, 2.75) is 32.7 Å². The number of hydrogen-bond donors (Lipinski definition) is 1. The number of para-hydroxylation sites is 1. The van der Waals surface area contributed by atoms with Crippen LogP contribution in [-0.2, 0) is 4.79 Å². The summed E-state index contributed by atoms with van der Waals surface area (Å²) in [6.07, 6.45) is 2.23. The molecule has 1 aromatic carbocycles. The van der Waals surface area contributed by atoms with Gasteiger partial charge in [-0.1, -0.05) is 25.1 Å². The highest BCUT2D eigenvalue weighted by molar-refractivity contribution is 5.94. The van der Waals surface area contributed by atoms with Gasteiger partial charge in [-0.2, -0.15) is 0 Å². The third kappa shape index (κ3) is 3.83. The van der Waals surface area contributed by atoms with Crippen molar-refractivity contribution in [3.63, 3.8) is 0 Å². The van der Waals surface area contributed by atoms with E-state index in [2.05, 4.69) is 11.8 Å². The third-order valence-electron chi connectivity index (χ3n) is 4.44. The fourth-order valence-corrected chi connectivity index (χ4v) is 3.20. The molecule has 1 saturated heterocycles. The number of amides is 1. The summed E-state index contributed by atoms with van der Waals surface area (Å²) in [7, 11) is 0. The number of likely N-dealkylation sites (N-methyl/N-ethyl adjacent to an activating group) is 1. The summed E-state index contributed by atoms with van der Waals surface area (Å²) in [6, 6.07) is 9.89. The van der Waals surface area contributed by atoms with E-state index >= 15 is 0 Å². The van der Waals surface area contributed by atoms with Crippen LogP contribution < -0.4 is 4.90 Å². The Morgan fingerprint density at radius 1 is 1.38 bits per heavy atom. The van der Waals surface area contributed by atoms with Crippen LogP contribution in [0.1, 0.15) is 26.7 Å². The van der Waals surface area contributed by atoms with E-state index in [4.69, 9.17) is 0 Å². The van der Waals surface area contributed by atoms with E-state index in [0.29, 0.717) is 19.0 Å². The number of rotatable bonds is 5. The van der Waals surface area contributed by atoms with Crippen LogP contribution in [0.3, 0.4) is 0 Å². The molecule has 0 aromatic heterocycles. The van der Waals surface area contributed by atoms with Gasteiger partial charge in [-0.25, -0.2) is 0 Å². The van der Waals surface area contributed by atoms with Gasteiger partial charge in [0.25, 0.3) is 0 Å². The maximum atomic E-state index is 12.6. The molecule has 0 aliphatic carbocycles. The second kappa shape index (κ2) is 7.57. The first kappa shape index (κ1) is 16.0. The summed E-state index contributed by atoms with van der Waals surface area (Å²) in [4.78, 5) is 16.6. The zero-order valence-corrected chi connectivity index (χ0v) is 13.0. The lowest BCUT2D eigenvalue weighted by Gasteiger charge is -2.39. The Bertz CT molecular complexity index is 449. The van der Waals surface area contributed by atoms with Gasteiger partial charge in [0, 0.05) is 18.3 Å². The summed E-state index contributed by atoms with van der Waals surface area (Å²) in [5.74, 6) is 0.555. The van der Waals surface area contributed by atoms with E-state index < -0.39 is 0 Å². The zero-order valence-electron chi connectivity index (χ0n) is 13.0. The average molecular weight is 290 g/mol. The second-order valence-corrected chi connectivity index (χ2v) is 5.81. The average Bonchev–Trinajstić information content (AvgIpc) is 2.49. The second-order valence-electron chi connectivity index (χ2n) is 5.81. The van der Waals surface area contributed by atoms with Gasteiger partial charge in [0.1, 0.15) is 0 Å². The predicted octanol–water partition coefficient (Wildman–Crippen LogP) is 2.13. The number of likely N-dealkylation sites (tertiary alicyclic amines) is 1. The van der Waals surface area contributed by atoms with Gasteiger partial charge in [-0.15, -0.1) is 0 Å². The first-order valence-electron chi connectivity index (χ1n) is 7.87. The van der Waals surface area contributed by atoms with Crippen molar-refractivity contribution in [3.05, 3.63) is 30.3 Å². The molecule has 0 saturated carbocycles. The predicted molar refractivity (Wildman–Crippen MR) is 85.3 cm³/mol. The van der Waals surface area contributed by atoms with Crippen molar-refractivity contribution in [2.24, 2.45) is 5.92 Å². The van der Waals surface area contributed by atoms with Crippen molar-refractivity contribution in [2.75, 3.05) is 31.1 Å². The normalized spacial score (nSPS) is 23.0. The lowest BCUT2D eigenvalue weighted by atomic mass is 9.91. The lowest BCUT2D eigenvalue weighted by molar-refractivity contribution is -0.121. The summed E-state index contributed by atoms with van der Waals surface area (Å²) in [6.45, 7) is 6.23. The number of carbonyl (C=O) groups excluding carboxylic acids is 1. The molecule has 2 atom stereocenters. The molecule has 0 spiro atoms. The Labute approximate surface area is 127 Å². The highest BCUT2D eigenvalue weighted by atomic mass is 16.3. The first-order valence-corrected chi connectivity index (χ1v) is 7.87. The van der Waals surface area contributed by atoms with Gasteiger partial charge in [0.05, 0.1) is 13.2 Å². The first-order chi connectivity index (χ1) is 10.2. The highest BCUT2D eigenvalue weighted by Crippen LogP contribution is 2.23. The SMILES string of the molecule is CCN(C(=O)CN1CCCC(C)C1CO)c1ccccc1. The van der Waals surface area contributed by atoms with E-state index in [0.717, 1.165) is 25.1 Å². The molecule has 0 bridgehead atoms. The molecule has 2 rings (SSSR count). The number of aliphatic hydroxyl groups is 1. The molecular formula is C17H26N2O2. The van der Waals surface area contributed by atoms with Crippen LogP contribution in [0.25, 0.3) is 0 Å². The Morgan fingerprint density at radius 2 is 2.10 bits per heavy atom. The number of hydrogen-bond acceptors (Lipinski definition) is 3. The van der Waals surface area contributed by atoms with Gasteiger partial charge in [-0.3, -0.25) is 9.69 Å². The molecule has 1 N–H and O–H groups in total. The number of nitrogens with zero attached hydrogens (tertiary/aromatic N) is 2. The number of benzene rings is 1. The van der Waals surface area contributed by atoms with Gasteiger partial charge in [0.2, 0.25) is 5.91 Å². The van der Waals surface area contributed by atoms with Crippen LogP contribution in [0, 0.1) is 5.92 Å². The third-order valence-corrected chi connectivity index (χ3v) is 4.44. The van der Waals surface area contributed by atoms with Crippen LogP contribution in [0.5, 0.6) is 0 Å². The monoisotopic (exact) mass is 290 g/mol. The van der Waals surface area contributed by atoms with Crippen molar-refractivity contribution < 1.29 is 9.90 Å². The zero-order chi connectivity index (χ0) is 15.2. The fraction of sp³-hybridized carbons (Fsp3) is 0.588. The van der Waals surface area contributed by atoms with Crippen LogP contribution in [-0.4, -0.2) is 48.2 Å². The minimum atomic E-state index is 0.108. The molecule has 4 heteroatoms. The van der Waals surface area contributed by atoms with E-state index in [-0.39, 0.29) is 18.6 Å². The van der Waals surface area contributed by atoms with Crippen molar-refractivity contribution in [1.82, 2.24) is 4.90 Å². The standard InChI is InChI=1S/C17H26N2O2/c1-3-19(15-9-5-4-6-10-15)17(21)12-18-11-7-8-14(2)16(18)13-20/h4-6,9-10,14,16,20H,3,7-8,11-13H2,1-2H3. The molecule has 1 fully saturated rings. The van der Waals surface area contributed by atoms with Crippen LogP contribution in [0.15, 0.2) is 30.3 Å². The highest BCUT2D eigenvalue weighted by Gasteiger charge is 2.30. The van der Waals surface area contributed by atoms with E-state index in [1.54, 1.807) is 0 Å². The van der Waals surface area contributed by atoms with Crippen LogP contribution >= 0.6 is 0 Å². The summed E-state index contributed by atoms with van der Waals surface area (Å²) >= 11 is 0. The number of piperidine rings is 1. The molecule has 21 heavy (non-hydrogen) atoms. The largest absolute Gasteiger partial charge is 0.395 e. The van der Waals surface area contributed by atoms with E-state index in [9.17, 15) is 9.90 Å². The summed E-state index contributed by atoms with van der Waals surface area (Å²) < 4.78 is 0. The molecule has 2 unspecified atom stereocenters. The number of aliphatic hydroxyl groups excluding tert-OH is 1. The molecule has 0 radical (unpaired) electrons. The fourth-order valence-electron chi connectivity index (χ4n) is 3.20. The Balaban J connectivity index is 2.05. The molecule has 1 aromatic rings. The molecule has 1 amide bonds. The van der Waals surface area contributed by atoms with E-state index in [1.807, 2.05) is 42.2 Å². The minimum absolute atomic E-state index is 0.108. The molecular weight excluding hydrogens is 264 g/mol. The van der Waals surface area contributed by atoms with Crippen LogP contribution in [0.2, 0.25) is 0 Å². The van der Waals surface area contributed by atoms with Gasteiger partial charge >= 0.3 is 0 Å². The van der Waals surface area contributed by atoms with Crippen LogP contribution in [0.4, 0.5) is 5.69 Å². The van der Waals surface area contributed by atoms with Crippen molar-refractivity contribution in [3.8, 4) is 0 Å². The Hall–Kier alpha value is -1.39. The van der Waals surface area contributed by atoms with Crippen molar-refractivity contribution >= 4 is 11.6 Å². The minimum Gasteiger partial charge on any atom is -0.395 e. The Morgan fingerprint density at radius 3 is 2.71 bits per heavy atom. The maximum Gasteiger partial charge on any atom is 0.241 e. The van der Waals surface area contributed by atoms with Gasteiger partial charge in [-0.05, 0) is 44.4 Å². The van der Waals surface area contributed by atoms with Gasteiger partial charge < -0.3 is 10.0 Å². The van der Waals surface area contributed by atoms with E-state index in [1.165, 1.54) is 0 Å². The maximum absolute atomic E-state index is 12.6. The number of anilines is 1. The molecule has 1 aliphatic rings. The summed E-state index contributed by atoms with van der Waals surface area (Å²) in [5, 5.41) is 9.59. The smallest absolute Gasteiger partial charge is 0.241 e. The summed E-state index contributed by atoms with van der Waals surface area (Å²) in [5.41, 5.74) is 0.940. The topological polar surface area (TPSA) is 43.8 Å². The molecule has 1 aliphatic heterocycles.